The van der Waals surface area contributed by atoms with Crippen LogP contribution in [0.4, 0.5) is 4.79 Å². The second kappa shape index (κ2) is 10.1. The van der Waals surface area contributed by atoms with Crippen LogP contribution >= 0.6 is 0 Å². The zero-order valence-corrected chi connectivity index (χ0v) is 20.7. The van der Waals surface area contributed by atoms with E-state index in [1.165, 1.54) is 11.6 Å². The van der Waals surface area contributed by atoms with Gasteiger partial charge in [0.2, 0.25) is 0 Å². The van der Waals surface area contributed by atoms with E-state index in [0.717, 1.165) is 16.8 Å². The Morgan fingerprint density at radius 2 is 1.63 bits per heavy atom. The van der Waals surface area contributed by atoms with Crippen LogP contribution in [0.2, 0.25) is 0 Å². The standard InChI is InChI=1S/C27H28N4O3S/c1-19-13-14-23(17-21(19)3)31-16-15-28-26(31)24(18-22-10-5-4-6-11-22)29-27(32)30-35(33,34)25-12-8-7-9-20(25)2/h4-17,24H,18H2,1-3H3,(H2,29,30,32)/t24-/m0/s1. The summed E-state index contributed by atoms with van der Waals surface area (Å²) in [5.41, 5.74) is 4.76. The number of urea groups is 1. The van der Waals surface area contributed by atoms with E-state index in [1.54, 1.807) is 31.3 Å². The first-order chi connectivity index (χ1) is 16.7. The number of carbonyl (C=O) groups is 1. The predicted molar refractivity (Wildman–Crippen MR) is 136 cm³/mol. The molecule has 0 saturated heterocycles. The monoisotopic (exact) mass is 488 g/mol. The molecule has 4 aromatic rings. The van der Waals surface area contributed by atoms with Crippen molar-refractivity contribution in [2.45, 2.75) is 38.1 Å². The SMILES string of the molecule is Cc1ccc(-n2ccnc2[C@H](Cc2ccccc2)NC(=O)NS(=O)(=O)c2ccccc2C)cc1C. The van der Waals surface area contributed by atoms with Crippen molar-refractivity contribution < 1.29 is 13.2 Å². The normalized spacial score (nSPS) is 12.2. The molecule has 8 heteroatoms. The van der Waals surface area contributed by atoms with Gasteiger partial charge < -0.3 is 9.88 Å². The third-order valence-electron chi connectivity index (χ3n) is 5.95. The number of aromatic nitrogens is 2. The van der Waals surface area contributed by atoms with Gasteiger partial charge in [0.15, 0.2) is 0 Å². The highest BCUT2D eigenvalue weighted by molar-refractivity contribution is 7.90. The molecule has 0 saturated carbocycles. The molecule has 0 aliphatic rings. The first-order valence-corrected chi connectivity index (χ1v) is 12.8. The van der Waals surface area contributed by atoms with Crippen LogP contribution in [0.1, 0.15) is 34.1 Å². The molecule has 4 rings (SSSR count). The third kappa shape index (κ3) is 5.60. The van der Waals surface area contributed by atoms with E-state index < -0.39 is 22.1 Å². The summed E-state index contributed by atoms with van der Waals surface area (Å²) in [6.07, 6.45) is 3.94. The van der Waals surface area contributed by atoms with Gasteiger partial charge in [0.25, 0.3) is 10.0 Å². The maximum absolute atomic E-state index is 12.9. The highest BCUT2D eigenvalue weighted by Crippen LogP contribution is 2.23. The van der Waals surface area contributed by atoms with E-state index in [2.05, 4.69) is 21.1 Å². The van der Waals surface area contributed by atoms with Gasteiger partial charge in [0, 0.05) is 18.1 Å². The lowest BCUT2D eigenvalue weighted by Crippen LogP contribution is -2.42. The lowest BCUT2D eigenvalue weighted by molar-refractivity contribution is 0.241. The van der Waals surface area contributed by atoms with Crippen molar-refractivity contribution >= 4 is 16.1 Å². The van der Waals surface area contributed by atoms with Crippen molar-refractivity contribution in [3.8, 4) is 5.69 Å². The van der Waals surface area contributed by atoms with Crippen molar-refractivity contribution in [3.63, 3.8) is 0 Å². The molecule has 0 radical (unpaired) electrons. The Balaban J connectivity index is 1.65. The van der Waals surface area contributed by atoms with Crippen LogP contribution in [-0.4, -0.2) is 24.0 Å². The highest BCUT2D eigenvalue weighted by atomic mass is 32.2. The molecule has 0 aliphatic heterocycles. The molecule has 3 aromatic carbocycles. The van der Waals surface area contributed by atoms with Gasteiger partial charge in [-0.3, -0.25) is 0 Å². The fraction of sp³-hybridized carbons (Fsp3) is 0.185. The Kier molecular flexibility index (Phi) is 7.02. The highest BCUT2D eigenvalue weighted by Gasteiger charge is 2.25. The minimum atomic E-state index is -4.04. The van der Waals surface area contributed by atoms with Crippen molar-refractivity contribution in [3.05, 3.63) is 113 Å². The number of amides is 2. The number of nitrogens with zero attached hydrogens (tertiary/aromatic N) is 2. The molecule has 2 amide bonds. The van der Waals surface area contributed by atoms with Crippen LogP contribution in [0, 0.1) is 20.8 Å². The van der Waals surface area contributed by atoms with Crippen LogP contribution in [0.25, 0.3) is 5.69 Å². The number of hydrogen-bond acceptors (Lipinski definition) is 4. The molecule has 0 spiro atoms. The van der Waals surface area contributed by atoms with E-state index >= 15 is 0 Å². The van der Waals surface area contributed by atoms with Crippen LogP contribution in [0.15, 0.2) is 90.1 Å². The molecule has 180 valence electrons. The van der Waals surface area contributed by atoms with E-state index in [1.807, 2.05) is 67.1 Å². The molecule has 7 nitrogen and oxygen atoms in total. The van der Waals surface area contributed by atoms with Gasteiger partial charge in [0.05, 0.1) is 10.9 Å². The van der Waals surface area contributed by atoms with Gasteiger partial charge in [-0.15, -0.1) is 0 Å². The van der Waals surface area contributed by atoms with Crippen LogP contribution in [0.3, 0.4) is 0 Å². The van der Waals surface area contributed by atoms with E-state index in [9.17, 15) is 13.2 Å². The number of aryl methyl sites for hydroxylation is 3. The largest absolute Gasteiger partial charge is 0.329 e. The number of nitrogens with one attached hydrogen (secondary N) is 2. The summed E-state index contributed by atoms with van der Waals surface area (Å²) in [5.74, 6) is 0.598. The first-order valence-electron chi connectivity index (χ1n) is 11.3. The number of imidazole rings is 1. The second-order valence-electron chi connectivity index (χ2n) is 8.51. The third-order valence-corrected chi connectivity index (χ3v) is 7.44. The zero-order valence-electron chi connectivity index (χ0n) is 19.9. The maximum atomic E-state index is 12.9. The maximum Gasteiger partial charge on any atom is 0.329 e. The average Bonchev–Trinajstić information content (AvgIpc) is 3.31. The summed E-state index contributed by atoms with van der Waals surface area (Å²) >= 11 is 0. The number of sulfonamides is 1. The molecule has 2 N–H and O–H groups in total. The Hall–Kier alpha value is -3.91. The molecular formula is C27H28N4O3S. The van der Waals surface area contributed by atoms with Crippen LogP contribution in [0.5, 0.6) is 0 Å². The molecular weight excluding hydrogens is 460 g/mol. The van der Waals surface area contributed by atoms with Gasteiger partial charge >= 0.3 is 6.03 Å². The summed E-state index contributed by atoms with van der Waals surface area (Å²) < 4.78 is 29.8. The lowest BCUT2D eigenvalue weighted by atomic mass is 10.0. The number of hydrogen-bond donors (Lipinski definition) is 2. The van der Waals surface area contributed by atoms with Crippen LogP contribution < -0.4 is 10.0 Å². The van der Waals surface area contributed by atoms with Crippen molar-refractivity contribution in [2.75, 3.05) is 0 Å². The molecule has 0 bridgehead atoms. The summed E-state index contributed by atoms with van der Waals surface area (Å²) in [7, 11) is -4.04. The fourth-order valence-corrected chi connectivity index (χ4v) is 5.11. The summed E-state index contributed by atoms with van der Waals surface area (Å²) in [6, 6.07) is 20.9. The Morgan fingerprint density at radius 3 is 2.34 bits per heavy atom. The van der Waals surface area contributed by atoms with Gasteiger partial charge in [-0.25, -0.2) is 22.9 Å². The molecule has 1 atom stereocenters. The van der Waals surface area contributed by atoms with Crippen molar-refractivity contribution in [1.29, 1.82) is 0 Å². The molecule has 1 aromatic heterocycles. The molecule has 35 heavy (non-hydrogen) atoms. The first kappa shape index (κ1) is 24.2. The Labute approximate surface area is 205 Å². The van der Waals surface area contributed by atoms with E-state index in [4.69, 9.17) is 0 Å². The van der Waals surface area contributed by atoms with Crippen LogP contribution in [-0.2, 0) is 16.4 Å². The minimum Gasteiger partial charge on any atom is -0.327 e. The molecule has 1 heterocycles. The van der Waals surface area contributed by atoms with E-state index in [0.29, 0.717) is 17.8 Å². The van der Waals surface area contributed by atoms with Gasteiger partial charge in [0.1, 0.15) is 5.82 Å². The lowest BCUT2D eigenvalue weighted by Gasteiger charge is -2.21. The Morgan fingerprint density at radius 1 is 0.914 bits per heavy atom. The Bertz CT molecular complexity index is 1450. The summed E-state index contributed by atoms with van der Waals surface area (Å²) in [6.45, 7) is 5.77. The topological polar surface area (TPSA) is 93.1 Å². The molecule has 0 fully saturated rings. The van der Waals surface area contributed by atoms with Crippen molar-refractivity contribution in [1.82, 2.24) is 19.6 Å². The number of carbonyl (C=O) groups excluding carboxylic acids is 1. The second-order valence-corrected chi connectivity index (χ2v) is 10.2. The van der Waals surface area contributed by atoms with Gasteiger partial charge in [-0.1, -0.05) is 54.6 Å². The average molecular weight is 489 g/mol. The number of benzene rings is 3. The predicted octanol–water partition coefficient (Wildman–Crippen LogP) is 4.77. The van der Waals surface area contributed by atoms with Gasteiger partial charge in [-0.2, -0.15) is 0 Å². The zero-order chi connectivity index (χ0) is 25.0. The molecule has 0 unspecified atom stereocenters. The number of rotatable bonds is 7. The smallest absolute Gasteiger partial charge is 0.327 e. The minimum absolute atomic E-state index is 0.0615. The summed E-state index contributed by atoms with van der Waals surface area (Å²) in [4.78, 5) is 17.5. The van der Waals surface area contributed by atoms with Crippen molar-refractivity contribution in [2.24, 2.45) is 0 Å². The summed E-state index contributed by atoms with van der Waals surface area (Å²) in [5, 5.41) is 2.84. The van der Waals surface area contributed by atoms with Gasteiger partial charge in [-0.05, 0) is 67.6 Å². The van der Waals surface area contributed by atoms with E-state index in [-0.39, 0.29) is 4.90 Å². The quantitative estimate of drug-likeness (QED) is 0.392. The fourth-order valence-electron chi connectivity index (χ4n) is 3.95. The molecule has 0 aliphatic carbocycles.